The SMILES string of the molecule is CCCCCCCCCCCCCCCCSC(C(C)OC)C(OP(=O)(O)O)[C@@H]1CC[C@H](n2ccc(N)nc2=O)O1. The number of aromatic nitrogens is 2. The number of ether oxygens (including phenoxy) is 2. The minimum Gasteiger partial charge on any atom is -0.383 e. The molecule has 4 N–H and O–H groups in total. The number of methoxy groups -OCH3 is 1. The highest BCUT2D eigenvalue weighted by molar-refractivity contribution is 8.00. The second-order valence-corrected chi connectivity index (χ2v) is 13.7. The summed E-state index contributed by atoms with van der Waals surface area (Å²) in [4.78, 5) is 35.5. The van der Waals surface area contributed by atoms with Gasteiger partial charge >= 0.3 is 13.5 Å². The fraction of sp³-hybridized carbons (Fsp3) is 0.862. The minimum absolute atomic E-state index is 0.123. The number of nitrogens with two attached hydrogens (primary N) is 1. The lowest BCUT2D eigenvalue weighted by Gasteiger charge is -2.34. The van der Waals surface area contributed by atoms with E-state index in [0.29, 0.717) is 12.8 Å². The van der Waals surface area contributed by atoms with Crippen molar-refractivity contribution in [3.05, 3.63) is 22.7 Å². The third-order valence-corrected chi connectivity index (χ3v) is 9.86. The van der Waals surface area contributed by atoms with E-state index >= 15 is 0 Å². The maximum atomic E-state index is 12.3. The van der Waals surface area contributed by atoms with E-state index in [0.717, 1.165) is 18.6 Å². The number of phosphoric ester groups is 1. The zero-order chi connectivity index (χ0) is 30.1. The Labute approximate surface area is 250 Å². The normalized spacial score (nSPS) is 19.8. The average molecular weight is 620 g/mol. The van der Waals surface area contributed by atoms with E-state index in [1.165, 1.54) is 93.9 Å². The van der Waals surface area contributed by atoms with Crippen molar-refractivity contribution in [2.24, 2.45) is 0 Å². The largest absolute Gasteiger partial charge is 0.469 e. The van der Waals surface area contributed by atoms with Gasteiger partial charge < -0.3 is 25.0 Å². The molecule has 2 rings (SSSR count). The van der Waals surface area contributed by atoms with Crippen molar-refractivity contribution >= 4 is 25.4 Å². The lowest BCUT2D eigenvalue weighted by molar-refractivity contribution is -0.0692. The molecule has 0 amide bonds. The maximum absolute atomic E-state index is 12.3. The molecule has 0 aromatic carbocycles. The van der Waals surface area contributed by atoms with Crippen molar-refractivity contribution in [1.29, 1.82) is 0 Å². The molecule has 1 aliphatic heterocycles. The molecule has 238 valence electrons. The number of nitrogens with zero attached hydrogens (tertiary/aromatic N) is 2. The van der Waals surface area contributed by atoms with E-state index in [9.17, 15) is 19.1 Å². The summed E-state index contributed by atoms with van der Waals surface area (Å²) in [7, 11) is -3.23. The summed E-state index contributed by atoms with van der Waals surface area (Å²) < 4.78 is 30.4. The second-order valence-electron chi connectivity index (χ2n) is 11.2. The van der Waals surface area contributed by atoms with Crippen LogP contribution in [0.25, 0.3) is 0 Å². The third-order valence-electron chi connectivity index (χ3n) is 7.78. The quantitative estimate of drug-likeness (QED) is 0.0904. The van der Waals surface area contributed by atoms with Crippen LogP contribution in [0.3, 0.4) is 0 Å². The van der Waals surface area contributed by atoms with Crippen LogP contribution >= 0.6 is 19.6 Å². The van der Waals surface area contributed by atoms with Crippen molar-refractivity contribution in [3.8, 4) is 0 Å². The first-order valence-electron chi connectivity index (χ1n) is 15.5. The summed E-state index contributed by atoms with van der Waals surface area (Å²) in [5.74, 6) is 0.951. The Balaban J connectivity index is 1.78. The predicted octanol–water partition coefficient (Wildman–Crippen LogP) is 6.60. The Morgan fingerprint density at radius 2 is 1.61 bits per heavy atom. The number of unbranched alkanes of at least 4 members (excludes halogenated alkanes) is 13. The lowest BCUT2D eigenvalue weighted by atomic mass is 10.0. The number of rotatable bonds is 23. The van der Waals surface area contributed by atoms with E-state index in [1.807, 2.05) is 6.92 Å². The van der Waals surface area contributed by atoms with Crippen LogP contribution in [0.4, 0.5) is 5.82 Å². The van der Waals surface area contributed by atoms with Gasteiger partial charge in [-0.1, -0.05) is 90.4 Å². The van der Waals surface area contributed by atoms with Crippen LogP contribution in [0.2, 0.25) is 0 Å². The van der Waals surface area contributed by atoms with Crippen LogP contribution in [-0.2, 0) is 18.6 Å². The van der Waals surface area contributed by atoms with Gasteiger partial charge in [0.15, 0.2) is 0 Å². The summed E-state index contributed by atoms with van der Waals surface area (Å²) in [5, 5.41) is -0.361. The van der Waals surface area contributed by atoms with Gasteiger partial charge in [0.1, 0.15) is 18.1 Å². The number of nitrogen functional groups attached to an aromatic ring is 1. The number of anilines is 1. The Bertz CT molecular complexity index is 947. The van der Waals surface area contributed by atoms with Gasteiger partial charge in [0, 0.05) is 13.3 Å². The maximum Gasteiger partial charge on any atom is 0.469 e. The van der Waals surface area contributed by atoms with Gasteiger partial charge in [0.2, 0.25) is 0 Å². The fourth-order valence-corrected chi connectivity index (χ4v) is 7.49. The Hall–Kier alpha value is -0.940. The molecular weight excluding hydrogens is 565 g/mol. The van der Waals surface area contributed by atoms with Crippen LogP contribution < -0.4 is 11.4 Å². The van der Waals surface area contributed by atoms with Crippen molar-refractivity contribution in [3.63, 3.8) is 0 Å². The average Bonchev–Trinajstić information content (AvgIpc) is 3.41. The Kier molecular flexibility index (Phi) is 17.8. The molecule has 1 saturated heterocycles. The molecule has 0 aliphatic carbocycles. The number of hydrogen-bond donors (Lipinski definition) is 3. The number of phosphoric acid groups is 1. The molecule has 1 aromatic heterocycles. The molecule has 0 radical (unpaired) electrons. The minimum atomic E-state index is -4.81. The van der Waals surface area contributed by atoms with E-state index in [1.54, 1.807) is 18.9 Å². The van der Waals surface area contributed by atoms with Gasteiger partial charge in [-0.05, 0) is 38.0 Å². The molecule has 5 atom stereocenters. The Morgan fingerprint density at radius 3 is 2.12 bits per heavy atom. The highest BCUT2D eigenvalue weighted by Gasteiger charge is 2.43. The molecule has 3 unspecified atom stereocenters. The number of thioether (sulfide) groups is 1. The van der Waals surface area contributed by atoms with Crippen LogP contribution in [0.15, 0.2) is 17.1 Å². The first-order chi connectivity index (χ1) is 19.7. The van der Waals surface area contributed by atoms with Crippen molar-refractivity contribution < 1.29 is 28.3 Å². The topological polar surface area (TPSA) is 146 Å². The van der Waals surface area contributed by atoms with Gasteiger partial charge in [0.25, 0.3) is 0 Å². The molecule has 1 aliphatic rings. The summed E-state index contributed by atoms with van der Waals surface area (Å²) in [6.45, 7) is 4.13. The van der Waals surface area contributed by atoms with E-state index in [-0.39, 0.29) is 17.2 Å². The van der Waals surface area contributed by atoms with Crippen LogP contribution in [0.5, 0.6) is 0 Å². The standard InChI is InChI=1S/C29H54N3O7PS/c1-4-5-6-7-8-9-10-11-12-13-14-15-16-17-22-41-28(23(2)37-3)27(39-40(34,35)36)24-18-19-26(38-24)32-21-20-25(30)31-29(32)33/h20-21,23-24,26-28H,4-19,22H2,1-3H3,(H2,30,31,33)(H2,34,35,36)/t23?,24-,26+,27?,28?/m0/s1. The summed E-state index contributed by atoms with van der Waals surface area (Å²) >= 11 is 1.61. The fourth-order valence-electron chi connectivity index (χ4n) is 5.38. The monoisotopic (exact) mass is 619 g/mol. The zero-order valence-corrected chi connectivity index (χ0v) is 27.0. The van der Waals surface area contributed by atoms with Gasteiger partial charge in [0.05, 0.1) is 17.5 Å². The molecule has 0 saturated carbocycles. The molecule has 10 nitrogen and oxygen atoms in total. The molecule has 0 spiro atoms. The molecule has 41 heavy (non-hydrogen) atoms. The van der Waals surface area contributed by atoms with Gasteiger partial charge in [-0.25, -0.2) is 9.36 Å². The van der Waals surface area contributed by atoms with E-state index in [2.05, 4.69) is 11.9 Å². The first kappa shape index (κ1) is 36.3. The van der Waals surface area contributed by atoms with Gasteiger partial charge in [-0.15, -0.1) is 0 Å². The highest BCUT2D eigenvalue weighted by atomic mass is 32.2. The van der Waals surface area contributed by atoms with Crippen molar-refractivity contribution in [2.75, 3.05) is 18.6 Å². The molecule has 12 heteroatoms. The zero-order valence-electron chi connectivity index (χ0n) is 25.3. The molecule has 2 heterocycles. The molecular formula is C29H54N3O7PS. The van der Waals surface area contributed by atoms with E-state index in [4.69, 9.17) is 19.7 Å². The van der Waals surface area contributed by atoms with Crippen LogP contribution in [-0.4, -0.2) is 55.8 Å². The second kappa shape index (κ2) is 20.1. The molecule has 1 aromatic rings. The number of hydrogen-bond acceptors (Lipinski definition) is 8. The Morgan fingerprint density at radius 1 is 1.05 bits per heavy atom. The van der Waals surface area contributed by atoms with Gasteiger partial charge in [-0.2, -0.15) is 16.7 Å². The molecule has 1 fully saturated rings. The van der Waals surface area contributed by atoms with Crippen LogP contribution in [0.1, 0.15) is 123 Å². The highest BCUT2D eigenvalue weighted by Crippen LogP contribution is 2.45. The third kappa shape index (κ3) is 14.4. The van der Waals surface area contributed by atoms with Crippen molar-refractivity contribution in [2.45, 2.75) is 146 Å². The smallest absolute Gasteiger partial charge is 0.383 e. The summed E-state index contributed by atoms with van der Waals surface area (Å²) in [6.07, 6.45) is 18.1. The summed E-state index contributed by atoms with van der Waals surface area (Å²) in [5.41, 5.74) is 5.07. The summed E-state index contributed by atoms with van der Waals surface area (Å²) in [6, 6.07) is 1.52. The first-order valence-corrected chi connectivity index (χ1v) is 18.1. The lowest BCUT2D eigenvalue weighted by Crippen LogP contribution is -2.44. The molecule has 0 bridgehead atoms. The van der Waals surface area contributed by atoms with E-state index < -0.39 is 31.9 Å². The van der Waals surface area contributed by atoms with Gasteiger partial charge in [-0.3, -0.25) is 9.09 Å². The predicted molar refractivity (Wildman–Crippen MR) is 166 cm³/mol. The van der Waals surface area contributed by atoms with Crippen LogP contribution in [0, 0.1) is 0 Å². The van der Waals surface area contributed by atoms with Crippen molar-refractivity contribution in [1.82, 2.24) is 9.55 Å².